The molecule has 3 aromatic heterocycles. The number of rotatable bonds is 10. The molecule has 0 saturated carbocycles. The number of aryl methyl sites for hydroxylation is 1. The first-order valence-electron chi connectivity index (χ1n) is 12.2. The molecule has 0 bridgehead atoms. The minimum Gasteiger partial charge on any atom is -0.383 e. The molecule has 0 fully saturated rings. The van der Waals surface area contributed by atoms with Crippen molar-refractivity contribution >= 4 is 10.9 Å². The lowest BCUT2D eigenvalue weighted by Crippen LogP contribution is -2.35. The molecular weight excluding hydrogens is 466 g/mol. The molecule has 0 spiro atoms. The molecule has 9 nitrogen and oxygen atoms in total. The van der Waals surface area contributed by atoms with Crippen LogP contribution in [0.4, 0.5) is 0 Å². The molecule has 37 heavy (non-hydrogen) atoms. The number of aromatic nitrogens is 6. The van der Waals surface area contributed by atoms with E-state index in [1.54, 1.807) is 18.0 Å². The summed E-state index contributed by atoms with van der Waals surface area (Å²) in [5, 5.41) is 13.6. The number of tetrazole rings is 1. The van der Waals surface area contributed by atoms with Gasteiger partial charge in [-0.15, -0.1) is 5.10 Å². The van der Waals surface area contributed by atoms with Gasteiger partial charge in [-0.3, -0.25) is 14.7 Å². The van der Waals surface area contributed by atoms with Gasteiger partial charge in [0.05, 0.1) is 18.7 Å². The second kappa shape index (κ2) is 11.2. The van der Waals surface area contributed by atoms with Crippen LogP contribution in [0.3, 0.4) is 0 Å². The molecule has 5 aromatic rings. The van der Waals surface area contributed by atoms with Gasteiger partial charge < -0.3 is 9.72 Å². The van der Waals surface area contributed by atoms with Crippen LogP contribution in [0.5, 0.6) is 0 Å². The highest BCUT2D eigenvalue weighted by Crippen LogP contribution is 2.30. The molecule has 9 heteroatoms. The SMILES string of the molecule is COCCn1nnnc1C(c1cc2cccc(C)c2[nH]c1=O)N(Cc1ccccc1)Cc1cccnc1. The highest BCUT2D eigenvalue weighted by Gasteiger charge is 2.31. The second-order valence-electron chi connectivity index (χ2n) is 9.00. The van der Waals surface area contributed by atoms with Gasteiger partial charge >= 0.3 is 0 Å². The van der Waals surface area contributed by atoms with Crippen molar-refractivity contribution in [1.29, 1.82) is 0 Å². The fourth-order valence-corrected chi connectivity index (χ4v) is 4.63. The van der Waals surface area contributed by atoms with E-state index in [0.717, 1.165) is 27.6 Å². The Morgan fingerprint density at radius 3 is 2.62 bits per heavy atom. The van der Waals surface area contributed by atoms with Gasteiger partial charge in [-0.1, -0.05) is 54.6 Å². The minimum absolute atomic E-state index is 0.169. The Bertz CT molecular complexity index is 1470. The number of benzene rings is 2. The van der Waals surface area contributed by atoms with Crippen LogP contribution in [0.25, 0.3) is 10.9 Å². The fraction of sp³-hybridized carbons (Fsp3) is 0.250. The standard InChI is InChI=1S/C28H29N7O2/c1-20-8-6-12-23-16-24(28(36)30-25(20)23)26(27-31-32-33-35(27)14-15-37-2)34(18-21-9-4-3-5-10-21)19-22-11-7-13-29-17-22/h3-13,16-17,26H,14-15,18-19H2,1-2H3,(H,30,36). The number of hydrogen-bond donors (Lipinski definition) is 1. The van der Waals surface area contributed by atoms with Gasteiger partial charge in [-0.2, -0.15) is 0 Å². The third-order valence-corrected chi connectivity index (χ3v) is 6.42. The van der Waals surface area contributed by atoms with E-state index in [4.69, 9.17) is 4.74 Å². The summed E-state index contributed by atoms with van der Waals surface area (Å²) >= 11 is 0. The van der Waals surface area contributed by atoms with Crippen LogP contribution in [-0.2, 0) is 24.4 Å². The first-order chi connectivity index (χ1) is 18.1. The monoisotopic (exact) mass is 495 g/mol. The summed E-state index contributed by atoms with van der Waals surface area (Å²) in [4.78, 5) is 23.3. The van der Waals surface area contributed by atoms with E-state index in [9.17, 15) is 4.79 Å². The van der Waals surface area contributed by atoms with Crippen molar-refractivity contribution < 1.29 is 4.74 Å². The minimum atomic E-state index is -0.527. The van der Waals surface area contributed by atoms with Crippen molar-refractivity contribution in [2.45, 2.75) is 32.6 Å². The summed E-state index contributed by atoms with van der Waals surface area (Å²) in [5.74, 6) is 0.578. The molecule has 0 aliphatic heterocycles. The maximum Gasteiger partial charge on any atom is 0.253 e. The molecule has 2 aromatic carbocycles. The van der Waals surface area contributed by atoms with E-state index >= 15 is 0 Å². The summed E-state index contributed by atoms with van der Waals surface area (Å²) in [6.07, 6.45) is 3.60. The number of hydrogen-bond acceptors (Lipinski definition) is 7. The molecule has 0 aliphatic rings. The maximum absolute atomic E-state index is 13.7. The van der Waals surface area contributed by atoms with Crippen LogP contribution < -0.4 is 5.56 Å². The predicted molar refractivity (Wildman–Crippen MR) is 141 cm³/mol. The molecule has 1 N–H and O–H groups in total. The smallest absolute Gasteiger partial charge is 0.253 e. The van der Waals surface area contributed by atoms with Crippen LogP contribution in [0.15, 0.2) is 83.9 Å². The van der Waals surface area contributed by atoms with Gasteiger partial charge in [0.1, 0.15) is 6.04 Å². The van der Waals surface area contributed by atoms with E-state index in [-0.39, 0.29) is 5.56 Å². The van der Waals surface area contributed by atoms with Crippen LogP contribution in [-0.4, -0.2) is 48.8 Å². The van der Waals surface area contributed by atoms with Gasteiger partial charge in [-0.05, 0) is 51.6 Å². The number of nitrogens with one attached hydrogen (secondary N) is 1. The Kier molecular flexibility index (Phi) is 7.43. The number of pyridine rings is 2. The molecule has 1 atom stereocenters. The molecule has 1 unspecified atom stereocenters. The van der Waals surface area contributed by atoms with E-state index in [2.05, 4.69) is 42.5 Å². The van der Waals surface area contributed by atoms with Gasteiger partial charge in [0.15, 0.2) is 5.82 Å². The lowest BCUT2D eigenvalue weighted by molar-refractivity contribution is 0.169. The first-order valence-corrected chi connectivity index (χ1v) is 12.2. The number of methoxy groups -OCH3 is 1. The summed E-state index contributed by atoms with van der Waals surface area (Å²) < 4.78 is 7.01. The van der Waals surface area contributed by atoms with Crippen molar-refractivity contribution in [3.05, 3.63) is 118 Å². The lowest BCUT2D eigenvalue weighted by atomic mass is 10.0. The Morgan fingerprint density at radius 2 is 1.84 bits per heavy atom. The van der Waals surface area contributed by atoms with Crippen LogP contribution in [0.1, 0.15) is 34.1 Å². The Morgan fingerprint density at radius 1 is 1.03 bits per heavy atom. The summed E-state index contributed by atoms with van der Waals surface area (Å²) in [6.45, 7) is 4.01. The van der Waals surface area contributed by atoms with E-state index in [1.807, 2.05) is 67.7 Å². The number of fused-ring (bicyclic) bond motifs is 1. The summed E-state index contributed by atoms with van der Waals surface area (Å²) in [6, 6.07) is 21.6. The average Bonchev–Trinajstić information content (AvgIpc) is 3.38. The van der Waals surface area contributed by atoms with Crippen molar-refractivity contribution in [2.24, 2.45) is 0 Å². The quantitative estimate of drug-likeness (QED) is 0.315. The third-order valence-electron chi connectivity index (χ3n) is 6.42. The van der Waals surface area contributed by atoms with E-state index in [0.29, 0.717) is 37.6 Å². The second-order valence-corrected chi connectivity index (χ2v) is 9.00. The average molecular weight is 496 g/mol. The highest BCUT2D eigenvalue weighted by atomic mass is 16.5. The Labute approximate surface area is 214 Å². The Hall–Kier alpha value is -4.21. The van der Waals surface area contributed by atoms with E-state index < -0.39 is 6.04 Å². The molecular formula is C28H29N7O2. The number of para-hydroxylation sites is 1. The summed E-state index contributed by atoms with van der Waals surface area (Å²) in [5.41, 5.74) is 4.38. The lowest BCUT2D eigenvalue weighted by Gasteiger charge is -2.31. The van der Waals surface area contributed by atoms with Gasteiger partial charge in [0, 0.05) is 38.2 Å². The molecule has 188 valence electrons. The molecule has 0 saturated heterocycles. The van der Waals surface area contributed by atoms with Gasteiger partial charge in [0.2, 0.25) is 0 Å². The third kappa shape index (κ3) is 5.47. The Balaban J connectivity index is 1.69. The predicted octanol–water partition coefficient (Wildman–Crippen LogP) is 3.66. The number of aromatic amines is 1. The topological polar surface area (TPSA) is 102 Å². The van der Waals surface area contributed by atoms with Crippen molar-refractivity contribution in [3.63, 3.8) is 0 Å². The van der Waals surface area contributed by atoms with Crippen LogP contribution in [0.2, 0.25) is 0 Å². The van der Waals surface area contributed by atoms with Crippen LogP contribution >= 0.6 is 0 Å². The molecule has 0 amide bonds. The van der Waals surface area contributed by atoms with Gasteiger partial charge in [0.25, 0.3) is 5.56 Å². The summed E-state index contributed by atoms with van der Waals surface area (Å²) in [7, 11) is 1.64. The normalized spacial score (nSPS) is 12.3. The zero-order chi connectivity index (χ0) is 25.6. The van der Waals surface area contributed by atoms with Crippen molar-refractivity contribution in [1.82, 2.24) is 35.1 Å². The molecule has 3 heterocycles. The molecule has 5 rings (SSSR count). The van der Waals surface area contributed by atoms with E-state index in [1.165, 1.54) is 0 Å². The first kappa shape index (κ1) is 24.5. The molecule has 0 radical (unpaired) electrons. The fourth-order valence-electron chi connectivity index (χ4n) is 4.63. The van der Waals surface area contributed by atoms with Crippen molar-refractivity contribution in [3.8, 4) is 0 Å². The maximum atomic E-state index is 13.7. The zero-order valence-electron chi connectivity index (χ0n) is 20.9. The highest BCUT2D eigenvalue weighted by molar-refractivity contribution is 5.82. The largest absolute Gasteiger partial charge is 0.383 e. The number of nitrogens with zero attached hydrogens (tertiary/aromatic N) is 6. The number of ether oxygens (including phenoxy) is 1. The van der Waals surface area contributed by atoms with Gasteiger partial charge in [-0.25, -0.2) is 4.68 Å². The number of H-pyrrole nitrogens is 1. The van der Waals surface area contributed by atoms with Crippen molar-refractivity contribution in [2.75, 3.05) is 13.7 Å². The molecule has 0 aliphatic carbocycles. The zero-order valence-corrected chi connectivity index (χ0v) is 20.9. The van der Waals surface area contributed by atoms with Crippen LogP contribution in [0, 0.1) is 6.92 Å².